The van der Waals surface area contributed by atoms with Crippen molar-refractivity contribution >= 4 is 39.1 Å². The largest absolute Gasteiger partial charge is 0.497 e. The fourth-order valence-corrected chi connectivity index (χ4v) is 4.55. The maximum Gasteiger partial charge on any atom is 0.263 e. The summed E-state index contributed by atoms with van der Waals surface area (Å²) < 4.78 is 10.5. The number of carbonyl (C=O) groups excluding carboxylic acids is 2. The van der Waals surface area contributed by atoms with E-state index < -0.39 is 0 Å². The molecule has 3 aromatic rings. The van der Waals surface area contributed by atoms with Crippen LogP contribution in [0.5, 0.6) is 11.5 Å². The van der Waals surface area contributed by atoms with E-state index in [1.165, 1.54) is 18.4 Å². The van der Waals surface area contributed by atoms with Gasteiger partial charge in [-0.1, -0.05) is 0 Å². The Bertz CT molecular complexity index is 1190. The molecule has 1 fully saturated rings. The number of carbonyl (C=O) groups is 2. The van der Waals surface area contributed by atoms with Crippen LogP contribution in [0.15, 0.2) is 18.2 Å². The summed E-state index contributed by atoms with van der Waals surface area (Å²) in [6, 6.07) is 4.91. The lowest BCUT2D eigenvalue weighted by atomic mass is 10.1. The molecule has 0 spiro atoms. The minimum absolute atomic E-state index is 0.153. The number of hydrogen-bond acceptors (Lipinski definition) is 8. The minimum atomic E-state index is -0.267. The van der Waals surface area contributed by atoms with E-state index in [1.54, 1.807) is 30.2 Å². The number of amides is 2. The van der Waals surface area contributed by atoms with Gasteiger partial charge in [0.15, 0.2) is 0 Å². The lowest BCUT2D eigenvalue weighted by molar-refractivity contribution is 0.0540. The molecule has 4 rings (SSSR count). The molecule has 3 heterocycles. The molecule has 9 nitrogen and oxygen atoms in total. The van der Waals surface area contributed by atoms with Crippen molar-refractivity contribution in [3.8, 4) is 11.5 Å². The Hall–Kier alpha value is -3.40. The number of aryl methyl sites for hydroxylation is 2. The van der Waals surface area contributed by atoms with Crippen molar-refractivity contribution in [2.24, 2.45) is 0 Å². The van der Waals surface area contributed by atoms with Gasteiger partial charge in [-0.2, -0.15) is 5.10 Å². The third-order valence-electron chi connectivity index (χ3n) is 5.48. The molecule has 0 radical (unpaired) electrons. The third kappa shape index (κ3) is 3.63. The summed E-state index contributed by atoms with van der Waals surface area (Å²) in [6.07, 6.45) is 0. The van der Waals surface area contributed by atoms with Crippen molar-refractivity contribution < 1.29 is 19.1 Å². The van der Waals surface area contributed by atoms with Crippen molar-refractivity contribution in [2.45, 2.75) is 19.9 Å². The van der Waals surface area contributed by atoms with E-state index in [2.05, 4.69) is 15.5 Å². The zero-order valence-electron chi connectivity index (χ0n) is 17.7. The van der Waals surface area contributed by atoms with Crippen LogP contribution in [0.4, 0.5) is 5.69 Å². The van der Waals surface area contributed by atoms with Gasteiger partial charge < -0.3 is 25.4 Å². The molecule has 0 atom stereocenters. The molecule has 1 aromatic carbocycles. The summed E-state index contributed by atoms with van der Waals surface area (Å²) in [5.41, 5.74) is 8.82. The molecule has 0 saturated carbocycles. The monoisotopic (exact) mass is 441 g/mol. The van der Waals surface area contributed by atoms with E-state index in [4.69, 9.17) is 15.2 Å². The number of benzene rings is 1. The van der Waals surface area contributed by atoms with Gasteiger partial charge in [0.05, 0.1) is 37.2 Å². The molecule has 2 aromatic heterocycles. The van der Waals surface area contributed by atoms with Gasteiger partial charge in [-0.15, -0.1) is 16.4 Å². The molecular formula is C21H23N5O4S. The molecule has 1 saturated heterocycles. The van der Waals surface area contributed by atoms with Gasteiger partial charge in [0.2, 0.25) is 0 Å². The van der Waals surface area contributed by atoms with Crippen LogP contribution in [0.25, 0.3) is 10.2 Å². The fourth-order valence-electron chi connectivity index (χ4n) is 3.54. The van der Waals surface area contributed by atoms with E-state index in [1.807, 2.05) is 13.8 Å². The highest BCUT2D eigenvalue weighted by Gasteiger charge is 2.34. The van der Waals surface area contributed by atoms with Crippen LogP contribution >= 0.6 is 11.3 Å². The first-order chi connectivity index (χ1) is 14.8. The topological polar surface area (TPSA) is 120 Å². The predicted molar refractivity (Wildman–Crippen MR) is 118 cm³/mol. The normalized spacial score (nSPS) is 13.7. The first-order valence-electron chi connectivity index (χ1n) is 9.68. The number of hydrogen-bond donors (Lipinski definition) is 2. The highest BCUT2D eigenvalue weighted by molar-refractivity contribution is 7.21. The van der Waals surface area contributed by atoms with Gasteiger partial charge in [-0.3, -0.25) is 9.59 Å². The van der Waals surface area contributed by atoms with Gasteiger partial charge in [-0.25, -0.2) is 0 Å². The van der Waals surface area contributed by atoms with Crippen molar-refractivity contribution in [3.05, 3.63) is 39.9 Å². The van der Waals surface area contributed by atoms with Crippen LogP contribution in [0.3, 0.4) is 0 Å². The summed E-state index contributed by atoms with van der Waals surface area (Å²) in [6.45, 7) is 4.58. The lowest BCUT2D eigenvalue weighted by Gasteiger charge is -2.39. The smallest absolute Gasteiger partial charge is 0.263 e. The fraction of sp³-hybridized carbons (Fsp3) is 0.333. The quantitative estimate of drug-likeness (QED) is 0.623. The molecule has 0 bridgehead atoms. The van der Waals surface area contributed by atoms with E-state index >= 15 is 0 Å². The van der Waals surface area contributed by atoms with Crippen LogP contribution < -0.4 is 20.5 Å². The van der Waals surface area contributed by atoms with Gasteiger partial charge >= 0.3 is 0 Å². The number of nitrogens with one attached hydrogen (secondary N) is 1. The summed E-state index contributed by atoms with van der Waals surface area (Å²) in [5.74, 6) is 0.629. The molecule has 162 valence electrons. The zero-order chi connectivity index (χ0) is 22.3. The molecule has 2 amide bonds. The predicted octanol–water partition coefficient (Wildman–Crippen LogP) is 2.16. The Balaban J connectivity index is 1.43. The van der Waals surface area contributed by atoms with Gasteiger partial charge in [0, 0.05) is 24.5 Å². The third-order valence-corrected chi connectivity index (χ3v) is 6.57. The number of nitrogens with two attached hydrogens (primary N) is 1. The van der Waals surface area contributed by atoms with E-state index in [9.17, 15) is 9.59 Å². The summed E-state index contributed by atoms with van der Waals surface area (Å²) in [4.78, 5) is 28.3. The van der Waals surface area contributed by atoms with Crippen LogP contribution in [0.1, 0.15) is 31.3 Å². The Morgan fingerprint density at radius 2 is 1.94 bits per heavy atom. The second-order valence-corrected chi connectivity index (χ2v) is 8.38. The van der Waals surface area contributed by atoms with E-state index in [0.29, 0.717) is 45.5 Å². The van der Waals surface area contributed by atoms with Crippen LogP contribution in [0.2, 0.25) is 0 Å². The van der Waals surface area contributed by atoms with Crippen molar-refractivity contribution in [1.29, 1.82) is 0 Å². The van der Waals surface area contributed by atoms with E-state index in [-0.39, 0.29) is 17.9 Å². The minimum Gasteiger partial charge on any atom is -0.497 e. The van der Waals surface area contributed by atoms with Crippen molar-refractivity contribution in [1.82, 2.24) is 20.4 Å². The molecule has 31 heavy (non-hydrogen) atoms. The number of likely N-dealkylation sites (tertiary alicyclic amines) is 1. The highest BCUT2D eigenvalue weighted by Crippen LogP contribution is 2.35. The second kappa shape index (κ2) is 8.03. The number of thiophene rings is 1. The summed E-state index contributed by atoms with van der Waals surface area (Å²) in [5, 5.41) is 12.0. The number of rotatable bonds is 5. The van der Waals surface area contributed by atoms with Crippen LogP contribution in [-0.2, 0) is 0 Å². The summed E-state index contributed by atoms with van der Waals surface area (Å²) in [7, 11) is 3.06. The number of aromatic nitrogens is 2. The standard InChI is InChI=1S/C21H23N5O4S/c1-10-11(2)24-25-20-16(10)17(22)18(31-20)19(27)23-12-8-26(9-12)21(28)14-6-5-13(29-3)7-15(14)30-4/h5-7,12H,8-9,22H2,1-4H3,(H,23,27). The molecule has 3 N–H and O–H groups in total. The van der Waals surface area contributed by atoms with Gasteiger partial charge in [-0.05, 0) is 31.5 Å². The first kappa shape index (κ1) is 20.9. The zero-order valence-corrected chi connectivity index (χ0v) is 18.5. The Morgan fingerprint density at radius 3 is 2.61 bits per heavy atom. The van der Waals surface area contributed by atoms with Gasteiger partial charge in [0.25, 0.3) is 11.8 Å². The molecule has 0 aliphatic carbocycles. The first-order valence-corrected chi connectivity index (χ1v) is 10.5. The maximum atomic E-state index is 12.8. The number of fused-ring (bicyclic) bond motifs is 1. The number of nitrogens with zero attached hydrogens (tertiary/aromatic N) is 3. The number of nitrogen functional groups attached to an aromatic ring is 1. The molecule has 0 unspecified atom stereocenters. The maximum absolute atomic E-state index is 12.8. The van der Waals surface area contributed by atoms with Crippen molar-refractivity contribution in [2.75, 3.05) is 33.0 Å². The SMILES string of the molecule is COc1ccc(C(=O)N2CC(NC(=O)c3sc4nnc(C)c(C)c4c3N)C2)c(OC)c1. The number of ether oxygens (including phenoxy) is 2. The second-order valence-electron chi connectivity index (χ2n) is 7.38. The highest BCUT2D eigenvalue weighted by atomic mass is 32.1. The van der Waals surface area contributed by atoms with Gasteiger partial charge in [0.1, 0.15) is 21.2 Å². The Morgan fingerprint density at radius 1 is 1.19 bits per heavy atom. The Kier molecular flexibility index (Phi) is 5.40. The molecule has 1 aliphatic heterocycles. The number of anilines is 1. The molecule has 10 heteroatoms. The summed E-state index contributed by atoms with van der Waals surface area (Å²) >= 11 is 1.22. The van der Waals surface area contributed by atoms with Crippen molar-refractivity contribution in [3.63, 3.8) is 0 Å². The number of methoxy groups -OCH3 is 2. The Labute approximate surface area is 183 Å². The molecular weight excluding hydrogens is 418 g/mol. The lowest BCUT2D eigenvalue weighted by Crippen LogP contribution is -2.60. The average molecular weight is 442 g/mol. The average Bonchev–Trinajstić information content (AvgIpc) is 3.09. The van der Waals surface area contributed by atoms with Crippen LogP contribution in [-0.4, -0.2) is 60.3 Å². The van der Waals surface area contributed by atoms with E-state index in [0.717, 1.165) is 16.6 Å². The molecule has 1 aliphatic rings. The van der Waals surface area contributed by atoms with Crippen LogP contribution in [0, 0.1) is 13.8 Å².